The Kier molecular flexibility index (Phi) is 5.75. The summed E-state index contributed by atoms with van der Waals surface area (Å²) in [6, 6.07) is 7.34. The zero-order valence-corrected chi connectivity index (χ0v) is 16.7. The SMILES string of the molecule is O=C1SCCN1CCC(=O)N1C[C@@H](C(=O)N2CCCCC2)Oc2ccccc21. The number of nitrogens with zero attached hydrogens (tertiary/aromatic N) is 3. The van der Waals surface area contributed by atoms with Gasteiger partial charge in [-0.3, -0.25) is 14.4 Å². The molecule has 150 valence electrons. The van der Waals surface area contributed by atoms with Crippen LogP contribution in [0.5, 0.6) is 5.75 Å². The third-order valence-corrected chi connectivity index (χ3v) is 6.35. The molecule has 1 aromatic rings. The molecule has 0 radical (unpaired) electrons. The van der Waals surface area contributed by atoms with Gasteiger partial charge >= 0.3 is 0 Å². The van der Waals surface area contributed by atoms with Gasteiger partial charge in [0.1, 0.15) is 5.75 Å². The second-order valence-electron chi connectivity index (χ2n) is 7.32. The number of ether oxygens (including phenoxy) is 1. The number of carbonyl (C=O) groups excluding carboxylic acids is 3. The van der Waals surface area contributed by atoms with Gasteiger partial charge in [-0.1, -0.05) is 23.9 Å². The lowest BCUT2D eigenvalue weighted by molar-refractivity contribution is -0.139. The zero-order valence-electron chi connectivity index (χ0n) is 15.8. The number of likely N-dealkylation sites (tertiary alicyclic amines) is 1. The largest absolute Gasteiger partial charge is 0.476 e. The second-order valence-corrected chi connectivity index (χ2v) is 8.36. The third-order valence-electron chi connectivity index (χ3n) is 5.46. The summed E-state index contributed by atoms with van der Waals surface area (Å²) in [7, 11) is 0. The number of anilines is 1. The van der Waals surface area contributed by atoms with Crippen LogP contribution in [0.4, 0.5) is 10.5 Å². The Labute approximate surface area is 169 Å². The maximum Gasteiger partial charge on any atom is 0.281 e. The van der Waals surface area contributed by atoms with E-state index in [0.29, 0.717) is 24.5 Å². The van der Waals surface area contributed by atoms with Crippen molar-refractivity contribution in [2.24, 2.45) is 0 Å². The Morgan fingerprint density at radius 2 is 1.89 bits per heavy atom. The van der Waals surface area contributed by atoms with Gasteiger partial charge in [0, 0.05) is 38.4 Å². The number of hydrogen-bond donors (Lipinski definition) is 0. The van der Waals surface area contributed by atoms with E-state index in [0.717, 1.165) is 38.1 Å². The van der Waals surface area contributed by atoms with Crippen molar-refractivity contribution in [3.8, 4) is 5.75 Å². The molecule has 0 bridgehead atoms. The number of amides is 3. The minimum atomic E-state index is -0.680. The fraction of sp³-hybridized carbons (Fsp3) is 0.550. The van der Waals surface area contributed by atoms with Crippen molar-refractivity contribution in [1.82, 2.24) is 9.80 Å². The molecule has 3 aliphatic heterocycles. The summed E-state index contributed by atoms with van der Waals surface area (Å²) in [5.74, 6) is 1.21. The van der Waals surface area contributed by atoms with Gasteiger partial charge in [-0.25, -0.2) is 0 Å². The number of benzene rings is 1. The highest BCUT2D eigenvalue weighted by Crippen LogP contribution is 2.34. The van der Waals surface area contributed by atoms with E-state index in [1.165, 1.54) is 11.8 Å². The first kappa shape index (κ1) is 19.1. The monoisotopic (exact) mass is 403 g/mol. The average molecular weight is 404 g/mol. The smallest absolute Gasteiger partial charge is 0.281 e. The van der Waals surface area contributed by atoms with Gasteiger partial charge in [-0.2, -0.15) is 0 Å². The van der Waals surface area contributed by atoms with E-state index < -0.39 is 6.10 Å². The summed E-state index contributed by atoms with van der Waals surface area (Å²) in [6.45, 7) is 2.82. The normalized spacial score (nSPS) is 22.1. The van der Waals surface area contributed by atoms with Crippen molar-refractivity contribution < 1.29 is 19.1 Å². The Morgan fingerprint density at radius 1 is 1.11 bits per heavy atom. The van der Waals surface area contributed by atoms with E-state index in [-0.39, 0.29) is 30.0 Å². The molecule has 4 rings (SSSR count). The van der Waals surface area contributed by atoms with Gasteiger partial charge in [-0.05, 0) is 31.4 Å². The lowest BCUT2D eigenvalue weighted by Crippen LogP contribution is -2.53. The molecule has 3 amide bonds. The van der Waals surface area contributed by atoms with Crippen molar-refractivity contribution in [2.45, 2.75) is 31.8 Å². The van der Waals surface area contributed by atoms with Crippen LogP contribution < -0.4 is 9.64 Å². The molecule has 7 nitrogen and oxygen atoms in total. The third kappa shape index (κ3) is 3.97. The van der Waals surface area contributed by atoms with Gasteiger partial charge in [0.15, 0.2) is 6.10 Å². The molecule has 1 atom stereocenters. The van der Waals surface area contributed by atoms with Gasteiger partial charge in [-0.15, -0.1) is 0 Å². The highest BCUT2D eigenvalue weighted by atomic mass is 32.2. The van der Waals surface area contributed by atoms with Crippen molar-refractivity contribution in [1.29, 1.82) is 0 Å². The quantitative estimate of drug-likeness (QED) is 0.772. The van der Waals surface area contributed by atoms with Crippen molar-refractivity contribution in [3.05, 3.63) is 24.3 Å². The van der Waals surface area contributed by atoms with Crippen molar-refractivity contribution in [2.75, 3.05) is 43.4 Å². The lowest BCUT2D eigenvalue weighted by atomic mass is 10.1. The molecule has 0 aliphatic carbocycles. The van der Waals surface area contributed by atoms with E-state index in [1.54, 1.807) is 15.9 Å². The number of para-hydroxylation sites is 2. The lowest BCUT2D eigenvalue weighted by Gasteiger charge is -2.37. The first-order valence-corrected chi connectivity index (χ1v) is 10.9. The number of piperidine rings is 1. The standard InChI is InChI=1S/C20H25N3O4S/c24-18(8-11-22-12-13-28-20(22)26)23-14-17(19(25)21-9-4-1-5-10-21)27-16-7-3-2-6-15(16)23/h2-3,6-7,17H,1,4-5,8-14H2/t17-/m0/s1. The molecule has 2 saturated heterocycles. The summed E-state index contributed by atoms with van der Waals surface area (Å²) < 4.78 is 5.97. The fourth-order valence-corrected chi connectivity index (χ4v) is 4.76. The van der Waals surface area contributed by atoms with Crippen LogP contribution in [-0.2, 0) is 9.59 Å². The van der Waals surface area contributed by atoms with Crippen LogP contribution in [-0.4, -0.2) is 71.4 Å². The van der Waals surface area contributed by atoms with Crippen LogP contribution in [0.25, 0.3) is 0 Å². The number of carbonyl (C=O) groups is 3. The van der Waals surface area contributed by atoms with Crippen LogP contribution in [0.3, 0.4) is 0 Å². The van der Waals surface area contributed by atoms with Crippen LogP contribution in [0.1, 0.15) is 25.7 Å². The number of rotatable bonds is 4. The molecular formula is C20H25N3O4S. The maximum absolute atomic E-state index is 13.0. The molecule has 0 N–H and O–H groups in total. The molecule has 0 unspecified atom stereocenters. The second kappa shape index (κ2) is 8.43. The van der Waals surface area contributed by atoms with E-state index in [2.05, 4.69) is 0 Å². The number of thioether (sulfide) groups is 1. The van der Waals surface area contributed by atoms with Crippen molar-refractivity contribution in [3.63, 3.8) is 0 Å². The highest BCUT2D eigenvalue weighted by molar-refractivity contribution is 8.13. The minimum Gasteiger partial charge on any atom is -0.476 e. The van der Waals surface area contributed by atoms with Crippen LogP contribution in [0.15, 0.2) is 24.3 Å². The van der Waals surface area contributed by atoms with Crippen LogP contribution >= 0.6 is 11.8 Å². The number of fused-ring (bicyclic) bond motifs is 1. The van der Waals surface area contributed by atoms with Gasteiger partial charge in [0.05, 0.1) is 12.2 Å². The predicted molar refractivity (Wildman–Crippen MR) is 108 cm³/mol. The van der Waals surface area contributed by atoms with E-state index >= 15 is 0 Å². The topological polar surface area (TPSA) is 70.2 Å². The number of hydrogen-bond acceptors (Lipinski definition) is 5. The molecular weight excluding hydrogens is 378 g/mol. The molecule has 0 spiro atoms. The van der Waals surface area contributed by atoms with Gasteiger partial charge in [0.25, 0.3) is 11.1 Å². The molecule has 3 heterocycles. The van der Waals surface area contributed by atoms with E-state index in [9.17, 15) is 14.4 Å². The summed E-state index contributed by atoms with van der Waals surface area (Å²) in [6.07, 6.45) is 2.74. The molecule has 2 fully saturated rings. The Bertz CT molecular complexity index is 766. The summed E-state index contributed by atoms with van der Waals surface area (Å²) in [5, 5.41) is 0.0355. The summed E-state index contributed by atoms with van der Waals surface area (Å²) in [4.78, 5) is 42.9. The Hall–Kier alpha value is -2.22. The Balaban J connectivity index is 1.47. The minimum absolute atomic E-state index is 0.0355. The van der Waals surface area contributed by atoms with E-state index in [4.69, 9.17) is 4.74 Å². The Morgan fingerprint density at radius 3 is 2.64 bits per heavy atom. The fourth-order valence-electron chi connectivity index (χ4n) is 3.91. The van der Waals surface area contributed by atoms with Crippen molar-refractivity contribution >= 4 is 34.5 Å². The highest BCUT2D eigenvalue weighted by Gasteiger charge is 2.36. The van der Waals surface area contributed by atoms with E-state index in [1.807, 2.05) is 23.1 Å². The molecule has 1 aromatic carbocycles. The molecule has 3 aliphatic rings. The maximum atomic E-state index is 13.0. The predicted octanol–water partition coefficient (Wildman–Crippen LogP) is 2.35. The molecule has 8 heteroatoms. The van der Waals surface area contributed by atoms with Gasteiger partial charge in [0.2, 0.25) is 5.91 Å². The first-order valence-electron chi connectivity index (χ1n) is 9.90. The molecule has 0 saturated carbocycles. The average Bonchev–Trinajstić information content (AvgIpc) is 3.16. The molecule has 0 aromatic heterocycles. The molecule has 28 heavy (non-hydrogen) atoms. The summed E-state index contributed by atoms with van der Waals surface area (Å²) >= 11 is 1.29. The van der Waals surface area contributed by atoms with Gasteiger partial charge < -0.3 is 19.4 Å². The zero-order chi connectivity index (χ0) is 19.5. The first-order chi connectivity index (χ1) is 13.6. The summed E-state index contributed by atoms with van der Waals surface area (Å²) in [5.41, 5.74) is 0.692. The van der Waals surface area contributed by atoms with Crippen LogP contribution in [0, 0.1) is 0 Å². The van der Waals surface area contributed by atoms with Crippen LogP contribution in [0.2, 0.25) is 0 Å².